The summed E-state index contributed by atoms with van der Waals surface area (Å²) in [4.78, 5) is 23.3. The smallest absolute Gasteiger partial charge is 0.251 e. The number of carbonyl (C=O) groups is 2. The minimum Gasteiger partial charge on any atom is -0.368 e. The predicted molar refractivity (Wildman–Crippen MR) is 78.6 cm³/mol. The van der Waals surface area contributed by atoms with E-state index in [1.807, 2.05) is 26.0 Å². The van der Waals surface area contributed by atoms with Crippen LogP contribution in [0.1, 0.15) is 30.6 Å². The molecule has 0 unspecified atom stereocenters. The maximum Gasteiger partial charge on any atom is 0.251 e. The summed E-state index contributed by atoms with van der Waals surface area (Å²) in [6.07, 6.45) is 2.27. The summed E-state index contributed by atoms with van der Waals surface area (Å²) in [5.41, 5.74) is 6.84. The van der Waals surface area contributed by atoms with Crippen molar-refractivity contribution >= 4 is 27.7 Å². The Morgan fingerprint density at radius 3 is 2.63 bits per heavy atom. The molecule has 1 aromatic rings. The highest BCUT2D eigenvalue weighted by molar-refractivity contribution is 9.10. The van der Waals surface area contributed by atoms with Crippen molar-refractivity contribution in [2.45, 2.75) is 26.3 Å². The van der Waals surface area contributed by atoms with E-state index in [0.717, 1.165) is 10.0 Å². The number of amides is 2. The summed E-state index contributed by atoms with van der Waals surface area (Å²) in [6.45, 7) is 3.85. The molecule has 0 fully saturated rings. The Labute approximate surface area is 121 Å². The summed E-state index contributed by atoms with van der Waals surface area (Å²) in [5, 5.41) is 2.64. The molecule has 4 nitrogen and oxygen atoms in total. The minimum absolute atomic E-state index is 0.313. The highest BCUT2D eigenvalue weighted by Gasteiger charge is 2.17. The lowest BCUT2D eigenvalue weighted by Crippen LogP contribution is -2.44. The Morgan fingerprint density at radius 2 is 2.11 bits per heavy atom. The van der Waals surface area contributed by atoms with Gasteiger partial charge in [-0.2, -0.15) is 0 Å². The standard InChI is InChI=1S/C14H17BrN2O2/c1-9(2)6-7-12(13(16)18)17-14(19)10-4-3-5-11(15)8-10/h3-6,8,12H,7H2,1-2H3,(H2,16,18)(H,17,19)/t12-/m0/s1. The predicted octanol–water partition coefficient (Wildman–Crippen LogP) is 2.39. The molecule has 0 saturated carbocycles. The third kappa shape index (κ3) is 5.26. The van der Waals surface area contributed by atoms with E-state index < -0.39 is 11.9 Å². The van der Waals surface area contributed by atoms with Gasteiger partial charge in [-0.3, -0.25) is 9.59 Å². The van der Waals surface area contributed by atoms with Gasteiger partial charge >= 0.3 is 0 Å². The fourth-order valence-electron chi connectivity index (χ4n) is 1.47. The molecule has 2 amide bonds. The van der Waals surface area contributed by atoms with Crippen molar-refractivity contribution in [2.75, 3.05) is 0 Å². The molecule has 1 atom stereocenters. The zero-order valence-electron chi connectivity index (χ0n) is 10.9. The number of hydrogen-bond donors (Lipinski definition) is 2. The van der Waals surface area contributed by atoms with Crippen molar-refractivity contribution in [3.63, 3.8) is 0 Å². The third-order valence-corrected chi connectivity index (χ3v) is 2.99. The summed E-state index contributed by atoms with van der Waals surface area (Å²) in [7, 11) is 0. The molecule has 0 aliphatic rings. The maximum atomic E-state index is 12.0. The van der Waals surface area contributed by atoms with Crippen LogP contribution in [-0.4, -0.2) is 17.9 Å². The monoisotopic (exact) mass is 324 g/mol. The maximum absolute atomic E-state index is 12.0. The zero-order valence-corrected chi connectivity index (χ0v) is 12.5. The summed E-state index contributed by atoms with van der Waals surface area (Å²) < 4.78 is 0.806. The van der Waals surface area contributed by atoms with Crippen LogP contribution in [-0.2, 0) is 4.79 Å². The minimum atomic E-state index is -0.693. The topological polar surface area (TPSA) is 72.2 Å². The molecule has 0 bridgehead atoms. The second-order valence-electron chi connectivity index (χ2n) is 4.46. The first-order valence-electron chi connectivity index (χ1n) is 5.89. The van der Waals surface area contributed by atoms with E-state index in [4.69, 9.17) is 5.73 Å². The highest BCUT2D eigenvalue weighted by atomic mass is 79.9. The van der Waals surface area contributed by atoms with Crippen molar-refractivity contribution in [3.8, 4) is 0 Å². The molecule has 5 heteroatoms. The molecule has 0 aromatic heterocycles. The Balaban J connectivity index is 2.77. The van der Waals surface area contributed by atoms with E-state index >= 15 is 0 Å². The van der Waals surface area contributed by atoms with Crippen LogP contribution in [0.25, 0.3) is 0 Å². The van der Waals surface area contributed by atoms with Crippen molar-refractivity contribution in [1.29, 1.82) is 0 Å². The van der Waals surface area contributed by atoms with Gasteiger partial charge in [0, 0.05) is 10.0 Å². The zero-order chi connectivity index (χ0) is 14.4. The van der Waals surface area contributed by atoms with Crippen LogP contribution < -0.4 is 11.1 Å². The van der Waals surface area contributed by atoms with E-state index in [-0.39, 0.29) is 5.91 Å². The second-order valence-corrected chi connectivity index (χ2v) is 5.37. The Kier molecular flexibility index (Phi) is 5.76. The molecular formula is C14H17BrN2O2. The van der Waals surface area contributed by atoms with Gasteiger partial charge in [-0.1, -0.05) is 33.6 Å². The molecule has 0 spiro atoms. The van der Waals surface area contributed by atoms with Crippen LogP contribution in [0.3, 0.4) is 0 Å². The molecule has 0 heterocycles. The van der Waals surface area contributed by atoms with E-state index in [2.05, 4.69) is 21.2 Å². The molecule has 1 rings (SSSR count). The first kappa shape index (κ1) is 15.4. The Bertz CT molecular complexity index is 508. The molecule has 3 N–H and O–H groups in total. The van der Waals surface area contributed by atoms with Crippen molar-refractivity contribution in [1.82, 2.24) is 5.32 Å². The number of carbonyl (C=O) groups excluding carboxylic acids is 2. The second kappa shape index (κ2) is 7.09. The lowest BCUT2D eigenvalue weighted by atomic mass is 10.1. The molecule has 0 aliphatic heterocycles. The Hall–Kier alpha value is -1.62. The normalized spacial score (nSPS) is 11.5. The third-order valence-electron chi connectivity index (χ3n) is 2.50. The SMILES string of the molecule is CC(C)=CC[C@H](NC(=O)c1cccc(Br)c1)C(N)=O. The quantitative estimate of drug-likeness (QED) is 0.816. The van der Waals surface area contributed by atoms with Gasteiger partial charge in [0.05, 0.1) is 0 Å². The fraction of sp³-hybridized carbons (Fsp3) is 0.286. The molecule has 19 heavy (non-hydrogen) atoms. The highest BCUT2D eigenvalue weighted by Crippen LogP contribution is 2.12. The van der Waals surface area contributed by atoms with Crippen LogP contribution in [0.5, 0.6) is 0 Å². The molecule has 1 aromatic carbocycles. The van der Waals surface area contributed by atoms with E-state index in [1.54, 1.807) is 18.2 Å². The molecule has 0 radical (unpaired) electrons. The van der Waals surface area contributed by atoms with Gasteiger partial charge in [0.2, 0.25) is 5.91 Å². The van der Waals surface area contributed by atoms with Gasteiger partial charge < -0.3 is 11.1 Å². The first-order chi connectivity index (χ1) is 8.90. The average molecular weight is 325 g/mol. The first-order valence-corrected chi connectivity index (χ1v) is 6.68. The largest absolute Gasteiger partial charge is 0.368 e. The Morgan fingerprint density at radius 1 is 1.42 bits per heavy atom. The summed E-state index contributed by atoms with van der Waals surface area (Å²) >= 11 is 3.29. The van der Waals surface area contributed by atoms with Crippen molar-refractivity contribution < 1.29 is 9.59 Å². The lowest BCUT2D eigenvalue weighted by Gasteiger charge is -2.14. The molecule has 0 aliphatic carbocycles. The number of primary amides is 1. The van der Waals surface area contributed by atoms with Gasteiger partial charge in [0.25, 0.3) is 5.91 Å². The number of allylic oxidation sites excluding steroid dienone is 1. The average Bonchev–Trinajstić information content (AvgIpc) is 2.33. The van der Waals surface area contributed by atoms with Crippen LogP contribution in [0, 0.1) is 0 Å². The van der Waals surface area contributed by atoms with E-state index in [9.17, 15) is 9.59 Å². The van der Waals surface area contributed by atoms with Gasteiger partial charge in [-0.05, 0) is 38.5 Å². The number of halogens is 1. The number of hydrogen-bond acceptors (Lipinski definition) is 2. The number of benzene rings is 1. The van der Waals surface area contributed by atoms with Gasteiger partial charge in [-0.15, -0.1) is 0 Å². The number of rotatable bonds is 5. The van der Waals surface area contributed by atoms with Crippen LogP contribution in [0.2, 0.25) is 0 Å². The molecule has 102 valence electrons. The fourth-order valence-corrected chi connectivity index (χ4v) is 1.87. The van der Waals surface area contributed by atoms with Gasteiger partial charge in [-0.25, -0.2) is 0 Å². The van der Waals surface area contributed by atoms with Crippen molar-refractivity contribution in [2.24, 2.45) is 5.73 Å². The molecule has 0 saturated heterocycles. The van der Waals surface area contributed by atoms with Crippen LogP contribution >= 0.6 is 15.9 Å². The van der Waals surface area contributed by atoms with Gasteiger partial charge in [0.15, 0.2) is 0 Å². The van der Waals surface area contributed by atoms with Crippen LogP contribution in [0.4, 0.5) is 0 Å². The molecular weight excluding hydrogens is 308 g/mol. The lowest BCUT2D eigenvalue weighted by molar-refractivity contribution is -0.119. The summed E-state index contributed by atoms with van der Waals surface area (Å²) in [5.74, 6) is -0.854. The summed E-state index contributed by atoms with van der Waals surface area (Å²) in [6, 6.07) is 6.26. The number of nitrogens with one attached hydrogen (secondary N) is 1. The van der Waals surface area contributed by atoms with Gasteiger partial charge in [0.1, 0.15) is 6.04 Å². The van der Waals surface area contributed by atoms with E-state index in [1.165, 1.54) is 0 Å². The van der Waals surface area contributed by atoms with Crippen LogP contribution in [0.15, 0.2) is 40.4 Å². The van der Waals surface area contributed by atoms with E-state index in [0.29, 0.717) is 12.0 Å². The number of nitrogens with two attached hydrogens (primary N) is 1. The van der Waals surface area contributed by atoms with Crippen molar-refractivity contribution in [3.05, 3.63) is 46.0 Å².